The number of phenols is 1. The molecule has 19 heavy (non-hydrogen) atoms. The van der Waals surface area contributed by atoms with E-state index in [1.165, 1.54) is 25.7 Å². The lowest BCUT2D eigenvalue weighted by Crippen LogP contribution is -2.26. The Balaban J connectivity index is 1.97. The van der Waals surface area contributed by atoms with Gasteiger partial charge in [-0.15, -0.1) is 0 Å². The molecule has 0 aliphatic heterocycles. The van der Waals surface area contributed by atoms with Gasteiger partial charge in [0.2, 0.25) is 0 Å². The molecule has 0 heterocycles. The van der Waals surface area contributed by atoms with Crippen molar-refractivity contribution in [1.29, 1.82) is 0 Å². The van der Waals surface area contributed by atoms with Crippen LogP contribution in [-0.2, 0) is 0 Å². The number of benzene rings is 1. The molecule has 1 aromatic rings. The molecule has 2 N–H and O–H groups in total. The molecule has 0 radical (unpaired) electrons. The van der Waals surface area contributed by atoms with Crippen molar-refractivity contribution in [2.75, 3.05) is 13.7 Å². The summed E-state index contributed by atoms with van der Waals surface area (Å²) in [5.41, 5.74) is 1.43. The van der Waals surface area contributed by atoms with Gasteiger partial charge in [0.15, 0.2) is 0 Å². The van der Waals surface area contributed by atoms with Crippen LogP contribution in [0.3, 0.4) is 0 Å². The smallest absolute Gasteiger partial charge is 0.120 e. The summed E-state index contributed by atoms with van der Waals surface area (Å²) in [6.45, 7) is 5.38. The fourth-order valence-corrected chi connectivity index (χ4v) is 2.71. The van der Waals surface area contributed by atoms with E-state index in [1.54, 1.807) is 19.2 Å². The van der Waals surface area contributed by atoms with E-state index in [2.05, 4.69) is 19.2 Å². The van der Waals surface area contributed by atoms with Crippen molar-refractivity contribution in [3.63, 3.8) is 0 Å². The molecule has 0 spiro atoms. The van der Waals surface area contributed by atoms with E-state index >= 15 is 0 Å². The van der Waals surface area contributed by atoms with Crippen LogP contribution >= 0.6 is 0 Å². The number of ether oxygens (including phenoxy) is 1. The van der Waals surface area contributed by atoms with Crippen molar-refractivity contribution in [2.24, 2.45) is 5.41 Å². The molecule has 3 nitrogen and oxygen atoms in total. The number of rotatable bonds is 7. The Bertz CT molecular complexity index is 427. The summed E-state index contributed by atoms with van der Waals surface area (Å²) in [6.07, 6.45) is 5.23. The average molecular weight is 263 g/mol. The highest BCUT2D eigenvalue weighted by Gasteiger charge is 2.41. The molecule has 1 aromatic carbocycles. The number of methoxy groups -OCH3 is 1. The van der Waals surface area contributed by atoms with Crippen LogP contribution in [0, 0.1) is 5.41 Å². The first-order valence-electron chi connectivity index (χ1n) is 7.20. The summed E-state index contributed by atoms with van der Waals surface area (Å²) in [5, 5.41) is 13.5. The molecule has 3 heteroatoms. The maximum absolute atomic E-state index is 9.95. The van der Waals surface area contributed by atoms with Crippen LogP contribution in [0.5, 0.6) is 11.5 Å². The summed E-state index contributed by atoms with van der Waals surface area (Å²) in [6, 6.07) is 5.53. The van der Waals surface area contributed by atoms with Crippen LogP contribution in [0.2, 0.25) is 0 Å². The van der Waals surface area contributed by atoms with Crippen LogP contribution in [0.25, 0.3) is 0 Å². The second kappa shape index (κ2) is 5.83. The minimum atomic E-state index is 0.143. The first kappa shape index (κ1) is 14.2. The zero-order valence-electron chi connectivity index (χ0n) is 12.2. The van der Waals surface area contributed by atoms with Crippen molar-refractivity contribution in [3.8, 4) is 11.5 Å². The predicted molar refractivity (Wildman–Crippen MR) is 77.7 cm³/mol. The molecule has 1 unspecified atom stereocenters. The Hall–Kier alpha value is -1.22. The van der Waals surface area contributed by atoms with Gasteiger partial charge in [-0.2, -0.15) is 0 Å². The third kappa shape index (κ3) is 3.41. The van der Waals surface area contributed by atoms with Gasteiger partial charge in [-0.05, 0) is 49.8 Å². The fourth-order valence-electron chi connectivity index (χ4n) is 2.71. The monoisotopic (exact) mass is 263 g/mol. The van der Waals surface area contributed by atoms with E-state index in [9.17, 15) is 5.11 Å². The fraction of sp³-hybridized carbons (Fsp3) is 0.625. The topological polar surface area (TPSA) is 41.5 Å². The number of phenolic OH excluding ortho intramolecular Hbond substituents is 1. The molecule has 2 rings (SSSR count). The van der Waals surface area contributed by atoms with Crippen molar-refractivity contribution >= 4 is 0 Å². The van der Waals surface area contributed by atoms with Crippen LogP contribution < -0.4 is 10.1 Å². The van der Waals surface area contributed by atoms with Gasteiger partial charge in [-0.1, -0.05) is 13.3 Å². The Morgan fingerprint density at radius 2 is 2.16 bits per heavy atom. The lowest BCUT2D eigenvalue weighted by Gasteiger charge is -2.21. The summed E-state index contributed by atoms with van der Waals surface area (Å²) >= 11 is 0. The van der Waals surface area contributed by atoms with Crippen molar-refractivity contribution in [2.45, 2.75) is 45.6 Å². The quantitative estimate of drug-likeness (QED) is 0.789. The summed E-state index contributed by atoms with van der Waals surface area (Å²) in [5.74, 6) is 1.12. The third-order valence-corrected chi connectivity index (χ3v) is 4.22. The number of hydrogen-bond donors (Lipinski definition) is 2. The largest absolute Gasteiger partial charge is 0.508 e. The van der Waals surface area contributed by atoms with E-state index in [1.807, 2.05) is 6.07 Å². The predicted octanol–water partition coefficient (Wildman–Crippen LogP) is 3.63. The highest BCUT2D eigenvalue weighted by molar-refractivity contribution is 5.41. The number of aromatic hydroxyl groups is 1. The van der Waals surface area contributed by atoms with E-state index < -0.39 is 0 Å². The van der Waals surface area contributed by atoms with Gasteiger partial charge in [-0.25, -0.2) is 0 Å². The van der Waals surface area contributed by atoms with Crippen LogP contribution in [0.4, 0.5) is 0 Å². The Morgan fingerprint density at radius 3 is 2.74 bits per heavy atom. The normalized spacial score (nSPS) is 18.1. The van der Waals surface area contributed by atoms with Crippen molar-refractivity contribution in [3.05, 3.63) is 23.8 Å². The maximum Gasteiger partial charge on any atom is 0.120 e. The molecule has 0 bridgehead atoms. The molecule has 106 valence electrons. The van der Waals surface area contributed by atoms with Gasteiger partial charge < -0.3 is 15.2 Å². The molecular weight excluding hydrogens is 238 g/mol. The zero-order chi connectivity index (χ0) is 13.9. The Labute approximate surface area is 116 Å². The van der Waals surface area contributed by atoms with Gasteiger partial charge in [0.1, 0.15) is 11.5 Å². The first-order chi connectivity index (χ1) is 9.10. The van der Waals surface area contributed by atoms with Crippen molar-refractivity contribution < 1.29 is 9.84 Å². The van der Waals surface area contributed by atoms with Gasteiger partial charge in [-0.3, -0.25) is 0 Å². The van der Waals surface area contributed by atoms with Gasteiger partial charge >= 0.3 is 0 Å². The average Bonchev–Trinajstić information content (AvgIpc) is 3.17. The molecule has 1 fully saturated rings. The summed E-state index contributed by atoms with van der Waals surface area (Å²) in [7, 11) is 1.65. The van der Waals surface area contributed by atoms with E-state index in [4.69, 9.17) is 4.74 Å². The Morgan fingerprint density at radius 1 is 1.42 bits per heavy atom. The molecule has 0 aromatic heterocycles. The zero-order valence-corrected chi connectivity index (χ0v) is 12.2. The summed E-state index contributed by atoms with van der Waals surface area (Å²) < 4.78 is 5.22. The second-order valence-corrected chi connectivity index (χ2v) is 5.78. The van der Waals surface area contributed by atoms with Gasteiger partial charge in [0.25, 0.3) is 0 Å². The molecule has 0 amide bonds. The van der Waals surface area contributed by atoms with Gasteiger partial charge in [0, 0.05) is 18.2 Å². The van der Waals surface area contributed by atoms with Crippen LogP contribution in [0.1, 0.15) is 51.1 Å². The number of nitrogens with one attached hydrogen (secondary N) is 1. The van der Waals surface area contributed by atoms with Gasteiger partial charge in [0.05, 0.1) is 7.11 Å². The molecule has 1 saturated carbocycles. The molecule has 1 aliphatic carbocycles. The third-order valence-electron chi connectivity index (χ3n) is 4.22. The van der Waals surface area contributed by atoms with Crippen LogP contribution in [-0.4, -0.2) is 18.8 Å². The molecular formula is C16H25NO2. The number of hydrogen-bond acceptors (Lipinski definition) is 3. The van der Waals surface area contributed by atoms with E-state index in [0.29, 0.717) is 11.2 Å². The lowest BCUT2D eigenvalue weighted by atomic mass is 9.99. The molecule has 1 aliphatic rings. The highest BCUT2D eigenvalue weighted by atomic mass is 16.5. The van der Waals surface area contributed by atoms with Crippen molar-refractivity contribution in [1.82, 2.24) is 5.32 Å². The minimum Gasteiger partial charge on any atom is -0.508 e. The minimum absolute atomic E-state index is 0.143. The maximum atomic E-state index is 9.95. The first-order valence-corrected chi connectivity index (χ1v) is 7.20. The Kier molecular flexibility index (Phi) is 4.35. The van der Waals surface area contributed by atoms with E-state index in [-0.39, 0.29) is 6.04 Å². The molecule has 0 saturated heterocycles. The SMILES string of the molecule is CCCC1(CNC(C)c2cc(OC)ccc2O)CC1. The lowest BCUT2D eigenvalue weighted by molar-refractivity contribution is 0.384. The standard InChI is InChI=1S/C16H25NO2/c1-4-7-16(8-9-16)11-17-12(2)14-10-13(19-3)5-6-15(14)18/h5-6,10,12,17-18H,4,7-9,11H2,1-3H3. The van der Waals surface area contributed by atoms with Crippen LogP contribution in [0.15, 0.2) is 18.2 Å². The highest BCUT2D eigenvalue weighted by Crippen LogP contribution is 2.49. The molecule has 1 atom stereocenters. The second-order valence-electron chi connectivity index (χ2n) is 5.78. The summed E-state index contributed by atoms with van der Waals surface area (Å²) in [4.78, 5) is 0. The van der Waals surface area contributed by atoms with E-state index in [0.717, 1.165) is 17.9 Å².